The minimum atomic E-state index is -0.363. The van der Waals surface area contributed by atoms with Crippen molar-refractivity contribution < 1.29 is 9.59 Å². The van der Waals surface area contributed by atoms with Crippen LogP contribution < -0.4 is 16.2 Å². The number of nitrogens with zero attached hydrogens (tertiary/aromatic N) is 3. The highest BCUT2D eigenvalue weighted by Gasteiger charge is 2.06. The van der Waals surface area contributed by atoms with Crippen LogP contribution in [-0.4, -0.2) is 32.9 Å². The van der Waals surface area contributed by atoms with E-state index in [1.54, 1.807) is 6.20 Å². The number of hydrogen-bond donors (Lipinski definition) is 3. The molecular formula is C10H18N6O2. The molecule has 1 aromatic rings. The second-order valence-electron chi connectivity index (χ2n) is 4.17. The van der Waals surface area contributed by atoms with Gasteiger partial charge < -0.3 is 5.32 Å². The molecule has 2 amide bonds. The van der Waals surface area contributed by atoms with Crippen LogP contribution in [0.2, 0.25) is 0 Å². The Morgan fingerprint density at radius 1 is 1.39 bits per heavy atom. The van der Waals surface area contributed by atoms with Crippen LogP contribution in [0.3, 0.4) is 0 Å². The molecule has 1 aromatic heterocycles. The van der Waals surface area contributed by atoms with Gasteiger partial charge >= 0.3 is 0 Å². The van der Waals surface area contributed by atoms with Gasteiger partial charge in [0.1, 0.15) is 6.54 Å². The smallest absolute Gasteiger partial charge is 0.260 e. The van der Waals surface area contributed by atoms with E-state index in [9.17, 15) is 9.59 Å². The number of hydrogen-bond acceptors (Lipinski definition) is 5. The molecule has 0 aromatic carbocycles. The third-order valence-electron chi connectivity index (χ3n) is 1.96. The summed E-state index contributed by atoms with van der Waals surface area (Å²) in [6.45, 7) is 5.99. The number of hydrazine groups is 1. The first-order chi connectivity index (χ1) is 8.47. The molecule has 0 saturated heterocycles. The van der Waals surface area contributed by atoms with Crippen LogP contribution in [0.15, 0.2) is 6.20 Å². The van der Waals surface area contributed by atoms with Gasteiger partial charge in [0.05, 0.1) is 11.9 Å². The second kappa shape index (κ2) is 6.70. The summed E-state index contributed by atoms with van der Waals surface area (Å²) in [5.41, 5.74) is 5.21. The fourth-order valence-corrected chi connectivity index (χ4v) is 1.15. The molecule has 0 spiro atoms. The zero-order valence-corrected chi connectivity index (χ0v) is 10.7. The summed E-state index contributed by atoms with van der Waals surface area (Å²) in [6, 6.07) is 0.359. The average molecular weight is 254 g/mol. The van der Waals surface area contributed by atoms with Crippen molar-refractivity contribution in [3.8, 4) is 0 Å². The van der Waals surface area contributed by atoms with Gasteiger partial charge in [-0.15, -0.1) is 5.10 Å². The maximum atomic E-state index is 11.4. The van der Waals surface area contributed by atoms with Crippen LogP contribution in [0.1, 0.15) is 26.5 Å². The van der Waals surface area contributed by atoms with E-state index in [0.717, 1.165) is 5.69 Å². The molecule has 0 saturated carbocycles. The Kier molecular flexibility index (Phi) is 5.25. The van der Waals surface area contributed by atoms with E-state index in [1.807, 2.05) is 13.8 Å². The Morgan fingerprint density at radius 2 is 2.11 bits per heavy atom. The van der Waals surface area contributed by atoms with Gasteiger partial charge in [0.2, 0.25) is 5.91 Å². The molecule has 0 aliphatic carbocycles. The first kappa shape index (κ1) is 14.1. The highest BCUT2D eigenvalue weighted by atomic mass is 16.2. The molecule has 0 atom stereocenters. The Labute approximate surface area is 105 Å². The topological polar surface area (TPSA) is 101 Å². The molecule has 100 valence electrons. The zero-order chi connectivity index (χ0) is 13.5. The lowest BCUT2D eigenvalue weighted by atomic mass is 10.3. The molecule has 8 heteroatoms. The van der Waals surface area contributed by atoms with Crippen molar-refractivity contribution in [1.29, 1.82) is 0 Å². The number of aromatic nitrogens is 3. The molecule has 0 radical (unpaired) electrons. The quantitative estimate of drug-likeness (QED) is 0.582. The molecule has 8 nitrogen and oxygen atoms in total. The first-order valence-corrected chi connectivity index (χ1v) is 5.65. The van der Waals surface area contributed by atoms with Gasteiger partial charge in [-0.1, -0.05) is 19.1 Å². The number of carbonyl (C=O) groups excluding carboxylic acids is 2. The van der Waals surface area contributed by atoms with Gasteiger partial charge in [0.25, 0.3) is 5.91 Å². The fourth-order valence-electron chi connectivity index (χ4n) is 1.15. The lowest BCUT2D eigenvalue weighted by Crippen LogP contribution is -2.42. The van der Waals surface area contributed by atoms with Crippen molar-refractivity contribution in [3.05, 3.63) is 11.9 Å². The summed E-state index contributed by atoms with van der Waals surface area (Å²) in [4.78, 5) is 21.9. The summed E-state index contributed by atoms with van der Waals surface area (Å²) in [5.74, 6) is -0.692. The largest absolute Gasteiger partial charge is 0.309 e. The minimum absolute atomic E-state index is 0.00889. The molecule has 1 heterocycles. The van der Waals surface area contributed by atoms with Crippen molar-refractivity contribution in [3.63, 3.8) is 0 Å². The van der Waals surface area contributed by atoms with Crippen LogP contribution >= 0.6 is 0 Å². The van der Waals surface area contributed by atoms with Gasteiger partial charge in [-0.3, -0.25) is 20.4 Å². The Balaban J connectivity index is 2.38. The van der Waals surface area contributed by atoms with Gasteiger partial charge in [-0.2, -0.15) is 0 Å². The fraction of sp³-hybridized carbons (Fsp3) is 0.600. The zero-order valence-electron chi connectivity index (χ0n) is 10.7. The van der Waals surface area contributed by atoms with Crippen molar-refractivity contribution in [2.75, 3.05) is 0 Å². The van der Waals surface area contributed by atoms with E-state index in [0.29, 0.717) is 12.6 Å². The Morgan fingerprint density at radius 3 is 2.72 bits per heavy atom. The molecule has 1 rings (SSSR count). The number of carbonyl (C=O) groups is 2. The molecule has 0 aliphatic heterocycles. The van der Waals surface area contributed by atoms with E-state index >= 15 is 0 Å². The molecule has 0 aliphatic rings. The molecule has 0 bridgehead atoms. The van der Waals surface area contributed by atoms with Gasteiger partial charge in [0, 0.05) is 19.5 Å². The molecule has 3 N–H and O–H groups in total. The van der Waals surface area contributed by atoms with E-state index < -0.39 is 0 Å². The SMILES string of the molecule is CC(=O)NNC(=O)Cn1cc(CNC(C)C)nn1. The number of rotatable bonds is 5. The number of nitrogens with one attached hydrogen (secondary N) is 3. The normalized spacial score (nSPS) is 10.4. The summed E-state index contributed by atoms with van der Waals surface area (Å²) < 4.78 is 1.41. The minimum Gasteiger partial charge on any atom is -0.309 e. The van der Waals surface area contributed by atoms with Crippen LogP contribution in [0.5, 0.6) is 0 Å². The predicted octanol–water partition coefficient (Wildman–Crippen LogP) is -1.06. The predicted molar refractivity (Wildman–Crippen MR) is 64.0 cm³/mol. The number of amides is 2. The maximum absolute atomic E-state index is 11.4. The van der Waals surface area contributed by atoms with Gasteiger partial charge in [0.15, 0.2) is 0 Å². The Bertz CT molecular complexity index is 414. The monoisotopic (exact) mass is 254 g/mol. The van der Waals surface area contributed by atoms with Crippen molar-refractivity contribution in [1.82, 2.24) is 31.2 Å². The molecule has 18 heavy (non-hydrogen) atoms. The van der Waals surface area contributed by atoms with Crippen molar-refractivity contribution in [2.45, 2.75) is 39.9 Å². The van der Waals surface area contributed by atoms with Crippen molar-refractivity contribution in [2.24, 2.45) is 0 Å². The van der Waals surface area contributed by atoms with Crippen LogP contribution in [0.4, 0.5) is 0 Å². The van der Waals surface area contributed by atoms with Gasteiger partial charge in [-0.25, -0.2) is 4.68 Å². The van der Waals surface area contributed by atoms with Crippen LogP contribution in [0.25, 0.3) is 0 Å². The average Bonchev–Trinajstić information content (AvgIpc) is 2.71. The van der Waals surface area contributed by atoms with Crippen molar-refractivity contribution >= 4 is 11.8 Å². The summed E-state index contributed by atoms with van der Waals surface area (Å²) in [5, 5.41) is 10.9. The van der Waals surface area contributed by atoms with Crippen LogP contribution in [-0.2, 0) is 22.7 Å². The lowest BCUT2D eigenvalue weighted by Gasteiger charge is -2.05. The van der Waals surface area contributed by atoms with Gasteiger partial charge in [-0.05, 0) is 0 Å². The molecule has 0 fully saturated rings. The van der Waals surface area contributed by atoms with E-state index in [4.69, 9.17) is 0 Å². The highest BCUT2D eigenvalue weighted by Crippen LogP contribution is 1.93. The second-order valence-corrected chi connectivity index (χ2v) is 4.17. The Hall–Kier alpha value is -1.96. The lowest BCUT2D eigenvalue weighted by molar-refractivity contribution is -0.128. The standard InChI is InChI=1S/C10H18N6O2/c1-7(2)11-4-9-5-16(15-13-9)6-10(18)14-12-8(3)17/h5,7,11H,4,6H2,1-3H3,(H,12,17)(H,14,18). The summed E-state index contributed by atoms with van der Waals surface area (Å²) >= 11 is 0. The molecular weight excluding hydrogens is 236 g/mol. The third-order valence-corrected chi connectivity index (χ3v) is 1.96. The summed E-state index contributed by atoms with van der Waals surface area (Å²) in [6.07, 6.45) is 1.68. The third kappa shape index (κ3) is 5.39. The first-order valence-electron chi connectivity index (χ1n) is 5.65. The molecule has 0 unspecified atom stereocenters. The maximum Gasteiger partial charge on any atom is 0.260 e. The van der Waals surface area contributed by atoms with E-state index in [-0.39, 0.29) is 18.4 Å². The van der Waals surface area contributed by atoms with E-state index in [1.165, 1.54) is 11.6 Å². The highest BCUT2D eigenvalue weighted by molar-refractivity contribution is 5.80. The summed E-state index contributed by atoms with van der Waals surface area (Å²) in [7, 11) is 0. The van der Waals surface area contributed by atoms with Crippen LogP contribution in [0, 0.1) is 0 Å². The van der Waals surface area contributed by atoms with E-state index in [2.05, 4.69) is 26.5 Å².